The van der Waals surface area contributed by atoms with Crippen LogP contribution in [0.25, 0.3) is 0 Å². The summed E-state index contributed by atoms with van der Waals surface area (Å²) in [5, 5.41) is 0. The van der Waals surface area contributed by atoms with E-state index in [0.717, 1.165) is 25.0 Å². The zero-order valence-corrected chi connectivity index (χ0v) is 16.7. The number of hydrogen-bond donors (Lipinski definition) is 0. The van der Waals surface area contributed by atoms with Gasteiger partial charge in [0.15, 0.2) is 0 Å². The molecule has 1 aliphatic carbocycles. The van der Waals surface area contributed by atoms with Gasteiger partial charge in [-0.1, -0.05) is 30.3 Å². The summed E-state index contributed by atoms with van der Waals surface area (Å²) in [5.74, 6) is 0. The van der Waals surface area contributed by atoms with E-state index >= 15 is 0 Å². The lowest BCUT2D eigenvalue weighted by Gasteiger charge is -2.30. The van der Waals surface area contributed by atoms with E-state index < -0.39 is 0 Å². The number of ether oxygens (including phenoxy) is 2. The molecule has 1 unspecified atom stereocenters. The quantitative estimate of drug-likeness (QED) is 0.638. The van der Waals surface area contributed by atoms with Gasteiger partial charge in [-0.3, -0.25) is 4.98 Å². The molecule has 0 bridgehead atoms. The Labute approximate surface area is 157 Å². The summed E-state index contributed by atoms with van der Waals surface area (Å²) in [4.78, 5) is 4.59. The largest absolute Gasteiger partial charge is 0.368 e. The molecule has 1 heterocycles. The molecule has 1 fully saturated rings. The van der Waals surface area contributed by atoms with E-state index in [1.54, 1.807) is 0 Å². The highest BCUT2D eigenvalue weighted by Crippen LogP contribution is 2.49. The Kier molecular flexibility index (Phi) is 5.50. The molecule has 1 aliphatic rings. The van der Waals surface area contributed by atoms with Crippen LogP contribution in [-0.4, -0.2) is 17.2 Å². The average molecular weight is 354 g/mol. The van der Waals surface area contributed by atoms with Crippen molar-refractivity contribution in [3.05, 3.63) is 65.5 Å². The van der Waals surface area contributed by atoms with Crippen LogP contribution in [0.15, 0.2) is 48.7 Å². The SMILES string of the molecule is CC(C)OC1(c2cc(CC(C)OC(C)(C)c3ccccc3)ccn2)CC1. The first kappa shape index (κ1) is 19.1. The Balaban J connectivity index is 1.67. The fourth-order valence-corrected chi connectivity index (χ4v) is 3.63. The fraction of sp³-hybridized carbons (Fsp3) is 0.522. The van der Waals surface area contributed by atoms with Crippen LogP contribution < -0.4 is 0 Å². The molecule has 3 heteroatoms. The summed E-state index contributed by atoms with van der Waals surface area (Å²) >= 11 is 0. The van der Waals surface area contributed by atoms with Crippen molar-refractivity contribution in [2.45, 2.75) is 77.3 Å². The van der Waals surface area contributed by atoms with Crippen molar-refractivity contribution in [3.8, 4) is 0 Å². The highest BCUT2D eigenvalue weighted by molar-refractivity contribution is 5.26. The van der Waals surface area contributed by atoms with Crippen molar-refractivity contribution in [3.63, 3.8) is 0 Å². The maximum atomic E-state index is 6.38. The molecule has 0 radical (unpaired) electrons. The van der Waals surface area contributed by atoms with Crippen molar-refractivity contribution in [2.75, 3.05) is 0 Å². The average Bonchev–Trinajstić information content (AvgIpc) is 3.35. The minimum Gasteiger partial charge on any atom is -0.368 e. The molecular weight excluding hydrogens is 322 g/mol. The molecule has 0 spiro atoms. The van der Waals surface area contributed by atoms with Crippen LogP contribution in [0, 0.1) is 0 Å². The first-order valence-electron chi connectivity index (χ1n) is 9.67. The number of rotatable bonds is 8. The van der Waals surface area contributed by atoms with Gasteiger partial charge >= 0.3 is 0 Å². The molecule has 1 saturated carbocycles. The summed E-state index contributed by atoms with van der Waals surface area (Å²) in [6.07, 6.45) is 5.23. The Morgan fingerprint density at radius 1 is 1.08 bits per heavy atom. The predicted octanol–water partition coefficient (Wildman–Crippen LogP) is 5.38. The zero-order chi connectivity index (χ0) is 18.8. The van der Waals surface area contributed by atoms with Gasteiger partial charge in [0, 0.05) is 6.20 Å². The molecule has 140 valence electrons. The standard InChI is InChI=1S/C23H31NO2/c1-17(2)25-23(12-13-23)21-16-19(11-14-24-21)15-18(3)26-22(4,5)20-9-7-6-8-10-20/h6-11,14,16-18H,12-13,15H2,1-5H3. The highest BCUT2D eigenvalue weighted by Gasteiger charge is 2.47. The van der Waals surface area contributed by atoms with Crippen LogP contribution in [-0.2, 0) is 27.1 Å². The second-order valence-corrected chi connectivity index (χ2v) is 8.22. The Morgan fingerprint density at radius 2 is 1.77 bits per heavy atom. The van der Waals surface area contributed by atoms with Crippen molar-refractivity contribution in [1.29, 1.82) is 0 Å². The first-order valence-corrected chi connectivity index (χ1v) is 9.67. The van der Waals surface area contributed by atoms with Crippen molar-refractivity contribution < 1.29 is 9.47 Å². The molecule has 3 nitrogen and oxygen atoms in total. The van der Waals surface area contributed by atoms with Gasteiger partial charge in [0.2, 0.25) is 0 Å². The summed E-state index contributed by atoms with van der Waals surface area (Å²) in [7, 11) is 0. The maximum absolute atomic E-state index is 6.38. The lowest BCUT2D eigenvalue weighted by molar-refractivity contribution is -0.0676. The Morgan fingerprint density at radius 3 is 2.38 bits per heavy atom. The second-order valence-electron chi connectivity index (χ2n) is 8.22. The number of hydrogen-bond acceptors (Lipinski definition) is 3. The van der Waals surface area contributed by atoms with E-state index in [-0.39, 0.29) is 23.4 Å². The van der Waals surface area contributed by atoms with E-state index in [9.17, 15) is 0 Å². The number of aromatic nitrogens is 1. The molecule has 0 N–H and O–H groups in total. The summed E-state index contributed by atoms with van der Waals surface area (Å²) in [6.45, 7) is 10.6. The van der Waals surface area contributed by atoms with Gasteiger partial charge in [0.05, 0.1) is 23.5 Å². The minimum absolute atomic E-state index is 0.113. The third-order valence-electron chi connectivity index (χ3n) is 4.94. The lowest BCUT2D eigenvalue weighted by atomic mass is 9.97. The normalized spacial score (nSPS) is 17.3. The van der Waals surface area contributed by atoms with E-state index in [1.165, 1.54) is 11.1 Å². The van der Waals surface area contributed by atoms with E-state index in [4.69, 9.17) is 9.47 Å². The molecule has 1 aromatic heterocycles. The fourth-order valence-electron chi connectivity index (χ4n) is 3.63. The zero-order valence-electron chi connectivity index (χ0n) is 16.7. The monoisotopic (exact) mass is 353 g/mol. The van der Waals surface area contributed by atoms with E-state index in [1.807, 2.05) is 12.3 Å². The first-order chi connectivity index (χ1) is 12.3. The molecule has 1 atom stereocenters. The molecular formula is C23H31NO2. The molecule has 3 rings (SSSR count). The molecule has 2 aromatic rings. The van der Waals surface area contributed by atoms with E-state index in [0.29, 0.717) is 0 Å². The van der Waals surface area contributed by atoms with Gasteiger partial charge in [0.1, 0.15) is 5.60 Å². The van der Waals surface area contributed by atoms with Crippen molar-refractivity contribution in [1.82, 2.24) is 4.98 Å². The molecule has 0 aliphatic heterocycles. The number of pyridine rings is 1. The van der Waals surface area contributed by atoms with E-state index in [2.05, 4.69) is 76.0 Å². The predicted molar refractivity (Wildman–Crippen MR) is 105 cm³/mol. The number of nitrogens with zero attached hydrogens (tertiary/aromatic N) is 1. The van der Waals surface area contributed by atoms with Gasteiger partial charge in [-0.15, -0.1) is 0 Å². The molecule has 0 saturated heterocycles. The van der Waals surface area contributed by atoms with Crippen molar-refractivity contribution >= 4 is 0 Å². The van der Waals surface area contributed by atoms with Gasteiger partial charge in [-0.05, 0) is 77.1 Å². The summed E-state index contributed by atoms with van der Waals surface area (Å²) in [6, 6.07) is 14.7. The topological polar surface area (TPSA) is 31.4 Å². The van der Waals surface area contributed by atoms with Crippen LogP contribution in [0.1, 0.15) is 64.3 Å². The van der Waals surface area contributed by atoms with Gasteiger partial charge in [-0.25, -0.2) is 0 Å². The minimum atomic E-state index is -0.311. The van der Waals surface area contributed by atoms with Crippen LogP contribution in [0.5, 0.6) is 0 Å². The van der Waals surface area contributed by atoms with Gasteiger partial charge in [-0.2, -0.15) is 0 Å². The Bertz CT molecular complexity index is 720. The lowest BCUT2D eigenvalue weighted by Crippen LogP contribution is -2.28. The molecule has 1 aromatic carbocycles. The van der Waals surface area contributed by atoms with Gasteiger partial charge in [0.25, 0.3) is 0 Å². The summed E-state index contributed by atoms with van der Waals surface area (Å²) in [5.41, 5.74) is 3.06. The van der Waals surface area contributed by atoms with Crippen LogP contribution in [0.2, 0.25) is 0 Å². The third kappa shape index (κ3) is 4.52. The van der Waals surface area contributed by atoms with Crippen LogP contribution in [0.4, 0.5) is 0 Å². The third-order valence-corrected chi connectivity index (χ3v) is 4.94. The number of benzene rings is 1. The van der Waals surface area contributed by atoms with Crippen molar-refractivity contribution in [2.24, 2.45) is 0 Å². The highest BCUT2D eigenvalue weighted by atomic mass is 16.5. The van der Waals surface area contributed by atoms with Crippen LogP contribution >= 0.6 is 0 Å². The smallest absolute Gasteiger partial charge is 0.111 e. The van der Waals surface area contributed by atoms with Crippen LogP contribution in [0.3, 0.4) is 0 Å². The molecule has 0 amide bonds. The maximum Gasteiger partial charge on any atom is 0.111 e. The molecule has 26 heavy (non-hydrogen) atoms. The van der Waals surface area contributed by atoms with Gasteiger partial charge < -0.3 is 9.47 Å². The Hall–Kier alpha value is -1.71. The second kappa shape index (κ2) is 7.50. The summed E-state index contributed by atoms with van der Waals surface area (Å²) < 4.78 is 12.5.